The lowest BCUT2D eigenvalue weighted by molar-refractivity contribution is -0.136. The average molecular weight is 497 g/mol. The molecular formula is C30H28N2O5. The summed E-state index contributed by atoms with van der Waals surface area (Å²) in [5.41, 5.74) is 4.22. The minimum atomic E-state index is -0.877. The molecule has 4 aromatic rings. The highest BCUT2D eigenvalue weighted by molar-refractivity contribution is 5.92. The maximum Gasteiger partial charge on any atom is 0.303 e. The van der Waals surface area contributed by atoms with Gasteiger partial charge < -0.3 is 19.9 Å². The van der Waals surface area contributed by atoms with Gasteiger partial charge in [-0.1, -0.05) is 54.6 Å². The number of aliphatic carboxylic acids is 1. The molecule has 0 radical (unpaired) electrons. The van der Waals surface area contributed by atoms with E-state index in [0.717, 1.165) is 28.0 Å². The number of amides is 1. The van der Waals surface area contributed by atoms with Crippen LogP contribution in [0.4, 0.5) is 0 Å². The highest BCUT2D eigenvalue weighted by Crippen LogP contribution is 2.23. The molecule has 0 spiro atoms. The molecule has 1 aromatic heterocycles. The van der Waals surface area contributed by atoms with E-state index in [1.165, 1.54) is 0 Å². The van der Waals surface area contributed by atoms with Gasteiger partial charge in [-0.2, -0.15) is 0 Å². The van der Waals surface area contributed by atoms with Crippen LogP contribution in [0.2, 0.25) is 0 Å². The molecule has 0 saturated heterocycles. The van der Waals surface area contributed by atoms with Crippen LogP contribution in [0, 0.1) is 0 Å². The van der Waals surface area contributed by atoms with Gasteiger partial charge in [0.2, 0.25) is 0 Å². The van der Waals surface area contributed by atoms with E-state index in [1.54, 1.807) is 30.5 Å². The first-order valence-corrected chi connectivity index (χ1v) is 12.0. The maximum atomic E-state index is 12.4. The van der Waals surface area contributed by atoms with E-state index >= 15 is 0 Å². The fourth-order valence-corrected chi connectivity index (χ4v) is 3.80. The number of carboxylic acids is 1. The second kappa shape index (κ2) is 12.9. The van der Waals surface area contributed by atoms with E-state index in [4.69, 9.17) is 14.6 Å². The molecule has 0 bridgehead atoms. The van der Waals surface area contributed by atoms with Gasteiger partial charge in [0.15, 0.2) is 0 Å². The van der Waals surface area contributed by atoms with E-state index in [-0.39, 0.29) is 18.9 Å². The van der Waals surface area contributed by atoms with Crippen molar-refractivity contribution in [1.82, 2.24) is 10.3 Å². The van der Waals surface area contributed by atoms with Crippen LogP contribution in [0.15, 0.2) is 97.2 Å². The summed E-state index contributed by atoms with van der Waals surface area (Å²) >= 11 is 0. The second-order valence-corrected chi connectivity index (χ2v) is 8.31. The molecule has 1 amide bonds. The topological polar surface area (TPSA) is 97.8 Å². The quantitative estimate of drug-likeness (QED) is 0.263. The largest absolute Gasteiger partial charge is 0.490 e. The van der Waals surface area contributed by atoms with Gasteiger partial charge in [-0.15, -0.1) is 0 Å². The van der Waals surface area contributed by atoms with E-state index in [0.29, 0.717) is 31.1 Å². The maximum absolute atomic E-state index is 12.4. The summed E-state index contributed by atoms with van der Waals surface area (Å²) in [4.78, 5) is 27.5. The standard InChI is InChI=1S/C30H28N2O5/c33-29(34)16-12-24-11-15-27(20-25(24)21-32-30(35)28-8-4-5-17-31-28)37-19-18-36-26-13-9-23(10-14-26)22-6-2-1-3-7-22/h1-11,13-15,17,20H,12,16,18-19,21H2,(H,32,35)(H,33,34). The zero-order valence-electron chi connectivity index (χ0n) is 20.3. The van der Waals surface area contributed by atoms with Crippen LogP contribution in [-0.2, 0) is 17.8 Å². The fourth-order valence-electron chi connectivity index (χ4n) is 3.80. The number of carbonyl (C=O) groups excluding carboxylic acids is 1. The summed E-state index contributed by atoms with van der Waals surface area (Å²) < 4.78 is 11.7. The van der Waals surface area contributed by atoms with Crippen molar-refractivity contribution >= 4 is 11.9 Å². The van der Waals surface area contributed by atoms with Crippen molar-refractivity contribution in [3.05, 3.63) is 114 Å². The van der Waals surface area contributed by atoms with Crippen molar-refractivity contribution in [2.45, 2.75) is 19.4 Å². The highest BCUT2D eigenvalue weighted by atomic mass is 16.5. The molecule has 0 fully saturated rings. The lowest BCUT2D eigenvalue weighted by atomic mass is 10.0. The van der Waals surface area contributed by atoms with Crippen molar-refractivity contribution in [1.29, 1.82) is 0 Å². The van der Waals surface area contributed by atoms with Gasteiger partial charge in [-0.3, -0.25) is 14.6 Å². The zero-order valence-corrected chi connectivity index (χ0v) is 20.3. The molecule has 188 valence electrons. The summed E-state index contributed by atoms with van der Waals surface area (Å²) in [6, 6.07) is 28.6. The first-order chi connectivity index (χ1) is 18.1. The molecule has 2 N–H and O–H groups in total. The van der Waals surface area contributed by atoms with Gasteiger partial charge in [0.1, 0.15) is 30.4 Å². The molecule has 7 nitrogen and oxygen atoms in total. The van der Waals surface area contributed by atoms with Crippen molar-refractivity contribution < 1.29 is 24.2 Å². The lowest BCUT2D eigenvalue weighted by Gasteiger charge is -2.14. The van der Waals surface area contributed by atoms with Gasteiger partial charge in [-0.05, 0) is 65.1 Å². The van der Waals surface area contributed by atoms with E-state index < -0.39 is 5.97 Å². The van der Waals surface area contributed by atoms with Gasteiger partial charge >= 0.3 is 5.97 Å². The first kappa shape index (κ1) is 25.4. The van der Waals surface area contributed by atoms with Crippen LogP contribution in [0.25, 0.3) is 11.1 Å². The smallest absolute Gasteiger partial charge is 0.303 e. The number of rotatable bonds is 12. The first-order valence-electron chi connectivity index (χ1n) is 12.0. The van der Waals surface area contributed by atoms with Crippen LogP contribution >= 0.6 is 0 Å². The predicted molar refractivity (Wildman–Crippen MR) is 141 cm³/mol. The SMILES string of the molecule is O=C(O)CCc1ccc(OCCOc2ccc(-c3ccccc3)cc2)cc1CNC(=O)c1ccccn1. The Kier molecular flexibility index (Phi) is 8.86. The molecule has 37 heavy (non-hydrogen) atoms. The minimum Gasteiger partial charge on any atom is -0.490 e. The summed E-state index contributed by atoms with van der Waals surface area (Å²) in [6.07, 6.45) is 1.91. The number of carboxylic acid groups (broad SMARTS) is 1. The molecule has 4 rings (SSSR count). The molecule has 0 saturated carbocycles. The summed E-state index contributed by atoms with van der Waals surface area (Å²) in [5, 5.41) is 11.9. The molecule has 7 heteroatoms. The Morgan fingerprint density at radius 3 is 2.14 bits per heavy atom. The average Bonchev–Trinajstić information content (AvgIpc) is 2.94. The third-order valence-electron chi connectivity index (χ3n) is 5.71. The number of pyridine rings is 1. The van der Waals surface area contributed by atoms with Crippen molar-refractivity contribution in [3.63, 3.8) is 0 Å². The normalized spacial score (nSPS) is 10.5. The van der Waals surface area contributed by atoms with Crippen LogP contribution in [0.5, 0.6) is 11.5 Å². The number of hydrogen-bond donors (Lipinski definition) is 2. The Morgan fingerprint density at radius 1 is 0.757 bits per heavy atom. The summed E-state index contributed by atoms with van der Waals surface area (Å²) in [6.45, 7) is 0.914. The van der Waals surface area contributed by atoms with E-state index in [9.17, 15) is 9.59 Å². The summed E-state index contributed by atoms with van der Waals surface area (Å²) in [5.74, 6) is 0.190. The number of hydrogen-bond acceptors (Lipinski definition) is 5. The van der Waals surface area contributed by atoms with E-state index in [2.05, 4.69) is 22.4 Å². The van der Waals surface area contributed by atoms with Gasteiger partial charge in [0.05, 0.1) is 0 Å². The molecule has 0 atom stereocenters. The molecule has 1 heterocycles. The number of nitrogens with zero attached hydrogens (tertiary/aromatic N) is 1. The fraction of sp³-hybridized carbons (Fsp3) is 0.167. The Bertz CT molecular complexity index is 1310. The molecule has 0 aliphatic carbocycles. The van der Waals surface area contributed by atoms with Gasteiger partial charge in [-0.25, -0.2) is 0 Å². The third-order valence-corrected chi connectivity index (χ3v) is 5.71. The van der Waals surface area contributed by atoms with Gasteiger partial charge in [0.25, 0.3) is 5.91 Å². The number of aryl methyl sites for hydroxylation is 1. The third kappa shape index (κ3) is 7.67. The summed E-state index contributed by atoms with van der Waals surface area (Å²) in [7, 11) is 0. The molecular weight excluding hydrogens is 468 g/mol. The Hall–Kier alpha value is -4.65. The molecule has 0 unspecified atom stereocenters. The number of ether oxygens (including phenoxy) is 2. The Labute approximate surface area is 215 Å². The number of carbonyl (C=O) groups is 2. The zero-order chi connectivity index (χ0) is 25.9. The van der Waals surface area contributed by atoms with Crippen molar-refractivity contribution in [2.75, 3.05) is 13.2 Å². The van der Waals surface area contributed by atoms with E-state index in [1.807, 2.05) is 54.6 Å². The van der Waals surface area contributed by atoms with Crippen LogP contribution in [0.1, 0.15) is 28.0 Å². The number of nitrogens with one attached hydrogen (secondary N) is 1. The van der Waals surface area contributed by atoms with Crippen molar-refractivity contribution in [3.8, 4) is 22.6 Å². The molecule has 0 aliphatic heterocycles. The molecule has 3 aromatic carbocycles. The van der Waals surface area contributed by atoms with Crippen LogP contribution in [0.3, 0.4) is 0 Å². The number of benzene rings is 3. The van der Waals surface area contributed by atoms with Crippen LogP contribution in [-0.4, -0.2) is 35.2 Å². The monoisotopic (exact) mass is 496 g/mol. The predicted octanol–water partition coefficient (Wildman–Crippen LogP) is 5.15. The lowest BCUT2D eigenvalue weighted by Crippen LogP contribution is -2.24. The second-order valence-electron chi connectivity index (χ2n) is 8.31. The Balaban J connectivity index is 1.32. The Morgan fingerprint density at radius 2 is 1.43 bits per heavy atom. The van der Waals surface area contributed by atoms with Crippen molar-refractivity contribution in [2.24, 2.45) is 0 Å². The number of aromatic nitrogens is 1. The highest BCUT2D eigenvalue weighted by Gasteiger charge is 2.11. The van der Waals surface area contributed by atoms with Gasteiger partial charge in [0, 0.05) is 19.2 Å². The minimum absolute atomic E-state index is 0.00169. The van der Waals surface area contributed by atoms with Crippen LogP contribution < -0.4 is 14.8 Å². The molecule has 0 aliphatic rings.